The number of halogens is 1. The first-order valence-corrected chi connectivity index (χ1v) is 7.47. The second kappa shape index (κ2) is 5.66. The van der Waals surface area contributed by atoms with Crippen LogP contribution in [-0.4, -0.2) is 24.5 Å². The van der Waals surface area contributed by atoms with Crippen LogP contribution in [0.3, 0.4) is 0 Å². The highest BCUT2D eigenvalue weighted by molar-refractivity contribution is 7.89. The molecule has 3 N–H and O–H groups in total. The van der Waals surface area contributed by atoms with Crippen molar-refractivity contribution in [1.29, 1.82) is 0 Å². The summed E-state index contributed by atoms with van der Waals surface area (Å²) in [5.41, 5.74) is 0.237. The quantitative estimate of drug-likeness (QED) is 0.785. The number of H-pyrrole nitrogens is 1. The van der Waals surface area contributed by atoms with Crippen molar-refractivity contribution in [3.05, 3.63) is 53.6 Å². The van der Waals surface area contributed by atoms with Crippen LogP contribution in [0.5, 0.6) is 0 Å². The maximum atomic E-state index is 13.1. The molecule has 0 radical (unpaired) electrons. The van der Waals surface area contributed by atoms with Gasteiger partial charge in [-0.15, -0.1) is 0 Å². The number of aromatic nitrogens is 1. The van der Waals surface area contributed by atoms with E-state index in [0.29, 0.717) is 5.56 Å². The summed E-state index contributed by atoms with van der Waals surface area (Å²) in [6.07, 6.45) is 1.09. The molecule has 0 spiro atoms. The molecule has 1 heterocycles. The van der Waals surface area contributed by atoms with Crippen LogP contribution in [-0.2, 0) is 10.0 Å². The summed E-state index contributed by atoms with van der Waals surface area (Å²) in [4.78, 5) is 12.9. The predicted octanol–water partition coefficient (Wildman–Crippen LogP) is 1.89. The van der Waals surface area contributed by atoms with E-state index >= 15 is 0 Å². The van der Waals surface area contributed by atoms with Crippen LogP contribution in [0.2, 0.25) is 0 Å². The minimum absolute atomic E-state index is 0.192. The molecule has 21 heavy (non-hydrogen) atoms. The Bertz CT molecular complexity index is 770. The molecule has 2 aromatic rings. The van der Waals surface area contributed by atoms with Crippen molar-refractivity contribution >= 4 is 16.0 Å². The standard InChI is InChI=1S/C13H13FN2O4S/c1-8(9-3-2-4-10(14)5-9)16-21(19,20)11-6-12(13(17)18)15-7-11/h2-8,15-16H,1H3,(H,17,18)/t8-/m0/s1. The van der Waals surface area contributed by atoms with Gasteiger partial charge >= 0.3 is 5.97 Å². The van der Waals surface area contributed by atoms with Crippen molar-refractivity contribution in [1.82, 2.24) is 9.71 Å². The summed E-state index contributed by atoms with van der Waals surface area (Å²) in [5, 5.41) is 8.77. The number of rotatable bonds is 5. The number of carbonyl (C=O) groups is 1. The van der Waals surface area contributed by atoms with E-state index in [2.05, 4.69) is 9.71 Å². The van der Waals surface area contributed by atoms with Crippen molar-refractivity contribution in [2.24, 2.45) is 0 Å². The summed E-state index contributed by atoms with van der Waals surface area (Å²) < 4.78 is 39.7. The zero-order valence-electron chi connectivity index (χ0n) is 11.0. The summed E-state index contributed by atoms with van der Waals surface area (Å²) >= 11 is 0. The highest BCUT2D eigenvalue weighted by Gasteiger charge is 2.21. The van der Waals surface area contributed by atoms with Crippen LogP contribution in [0.25, 0.3) is 0 Å². The van der Waals surface area contributed by atoms with Crippen LogP contribution in [0, 0.1) is 5.82 Å². The van der Waals surface area contributed by atoms with Crippen LogP contribution >= 0.6 is 0 Å². The highest BCUT2D eigenvalue weighted by atomic mass is 32.2. The molecule has 112 valence electrons. The van der Waals surface area contributed by atoms with E-state index in [9.17, 15) is 17.6 Å². The van der Waals surface area contributed by atoms with E-state index in [1.807, 2.05) is 0 Å². The van der Waals surface area contributed by atoms with Gasteiger partial charge < -0.3 is 10.1 Å². The Hall–Kier alpha value is -2.19. The summed E-state index contributed by atoms with van der Waals surface area (Å²) in [5.74, 6) is -1.72. The number of carboxylic acid groups (broad SMARTS) is 1. The minimum Gasteiger partial charge on any atom is -0.477 e. The van der Waals surface area contributed by atoms with Crippen LogP contribution in [0.4, 0.5) is 4.39 Å². The van der Waals surface area contributed by atoms with Gasteiger partial charge in [-0.3, -0.25) is 0 Å². The number of hydrogen-bond acceptors (Lipinski definition) is 3. The van der Waals surface area contributed by atoms with Gasteiger partial charge in [-0.1, -0.05) is 12.1 Å². The lowest BCUT2D eigenvalue weighted by atomic mass is 10.1. The number of nitrogens with one attached hydrogen (secondary N) is 2. The van der Waals surface area contributed by atoms with Gasteiger partial charge in [0.2, 0.25) is 10.0 Å². The molecule has 0 aliphatic carbocycles. The third-order valence-electron chi connectivity index (χ3n) is 2.88. The van der Waals surface area contributed by atoms with E-state index in [0.717, 1.165) is 12.3 Å². The monoisotopic (exact) mass is 312 g/mol. The van der Waals surface area contributed by atoms with Crippen molar-refractivity contribution in [2.75, 3.05) is 0 Å². The number of aromatic carboxylic acids is 1. The average molecular weight is 312 g/mol. The van der Waals surface area contributed by atoms with Gasteiger partial charge in [-0.05, 0) is 30.7 Å². The molecule has 0 amide bonds. The van der Waals surface area contributed by atoms with Crippen molar-refractivity contribution in [2.45, 2.75) is 17.9 Å². The van der Waals surface area contributed by atoms with Gasteiger partial charge in [-0.2, -0.15) is 0 Å². The average Bonchev–Trinajstić information content (AvgIpc) is 2.88. The summed E-state index contributed by atoms with van der Waals surface area (Å²) in [6, 6.07) is 5.92. The fraction of sp³-hybridized carbons (Fsp3) is 0.154. The van der Waals surface area contributed by atoms with E-state index in [1.54, 1.807) is 13.0 Å². The number of carboxylic acids is 1. The van der Waals surface area contributed by atoms with E-state index in [-0.39, 0.29) is 10.6 Å². The first-order valence-electron chi connectivity index (χ1n) is 5.99. The molecule has 1 aromatic heterocycles. The van der Waals surface area contributed by atoms with Gasteiger partial charge in [0.1, 0.15) is 16.4 Å². The zero-order chi connectivity index (χ0) is 15.6. The third-order valence-corrected chi connectivity index (χ3v) is 4.40. The molecule has 8 heteroatoms. The van der Waals surface area contributed by atoms with Gasteiger partial charge in [0, 0.05) is 12.2 Å². The van der Waals surface area contributed by atoms with Crippen molar-refractivity contribution in [3.8, 4) is 0 Å². The SMILES string of the molecule is C[C@H](NS(=O)(=O)c1c[nH]c(C(=O)O)c1)c1cccc(F)c1. The Kier molecular flexibility index (Phi) is 4.10. The molecule has 0 fully saturated rings. The number of hydrogen-bond donors (Lipinski definition) is 3. The van der Waals surface area contributed by atoms with Crippen LogP contribution < -0.4 is 4.72 Å². The zero-order valence-corrected chi connectivity index (χ0v) is 11.8. The maximum Gasteiger partial charge on any atom is 0.352 e. The normalized spacial score (nSPS) is 13.0. The second-order valence-corrected chi connectivity index (χ2v) is 6.17. The molecule has 0 saturated heterocycles. The summed E-state index contributed by atoms with van der Waals surface area (Å²) in [6.45, 7) is 1.57. The molecule has 0 aliphatic heterocycles. The number of sulfonamides is 1. The lowest BCUT2D eigenvalue weighted by Gasteiger charge is -2.13. The maximum absolute atomic E-state index is 13.1. The fourth-order valence-corrected chi connectivity index (χ4v) is 3.02. The number of benzene rings is 1. The molecule has 0 bridgehead atoms. The second-order valence-electron chi connectivity index (χ2n) is 4.45. The predicted molar refractivity (Wildman–Crippen MR) is 72.9 cm³/mol. The van der Waals surface area contributed by atoms with Gasteiger partial charge in [0.15, 0.2) is 0 Å². The molecule has 0 aliphatic rings. The largest absolute Gasteiger partial charge is 0.477 e. The molecule has 0 unspecified atom stereocenters. The van der Waals surface area contributed by atoms with E-state index < -0.39 is 27.9 Å². The molecule has 2 rings (SSSR count). The van der Waals surface area contributed by atoms with Crippen LogP contribution in [0.1, 0.15) is 29.0 Å². The van der Waals surface area contributed by atoms with Crippen molar-refractivity contribution in [3.63, 3.8) is 0 Å². The fourth-order valence-electron chi connectivity index (χ4n) is 1.80. The van der Waals surface area contributed by atoms with Gasteiger partial charge in [0.25, 0.3) is 0 Å². The first kappa shape index (κ1) is 15.2. The van der Waals surface area contributed by atoms with Gasteiger partial charge in [-0.25, -0.2) is 22.3 Å². The molecule has 0 saturated carbocycles. The number of aromatic amines is 1. The molecule has 1 atom stereocenters. The minimum atomic E-state index is -3.90. The molecular weight excluding hydrogens is 299 g/mol. The van der Waals surface area contributed by atoms with E-state index in [4.69, 9.17) is 5.11 Å². The van der Waals surface area contributed by atoms with Crippen LogP contribution in [0.15, 0.2) is 41.4 Å². The lowest BCUT2D eigenvalue weighted by molar-refractivity contribution is 0.0691. The Morgan fingerprint density at radius 1 is 1.38 bits per heavy atom. The molecule has 6 nitrogen and oxygen atoms in total. The third kappa shape index (κ3) is 3.47. The highest BCUT2D eigenvalue weighted by Crippen LogP contribution is 2.18. The molecule has 1 aromatic carbocycles. The topological polar surface area (TPSA) is 99.3 Å². The lowest BCUT2D eigenvalue weighted by Crippen LogP contribution is -2.26. The summed E-state index contributed by atoms with van der Waals surface area (Å²) in [7, 11) is -3.90. The van der Waals surface area contributed by atoms with Crippen molar-refractivity contribution < 1.29 is 22.7 Å². The Labute approximate surface area is 120 Å². The smallest absolute Gasteiger partial charge is 0.352 e. The Morgan fingerprint density at radius 3 is 2.67 bits per heavy atom. The van der Waals surface area contributed by atoms with E-state index in [1.165, 1.54) is 18.2 Å². The Morgan fingerprint density at radius 2 is 2.10 bits per heavy atom. The Balaban J connectivity index is 2.22. The molecular formula is C13H13FN2O4S. The first-order chi connectivity index (χ1) is 9.79. The van der Waals surface area contributed by atoms with Gasteiger partial charge in [0.05, 0.1) is 0 Å².